The summed E-state index contributed by atoms with van der Waals surface area (Å²) in [5, 5.41) is 12.2. The zero-order valence-electron chi connectivity index (χ0n) is 8.97. The van der Waals surface area contributed by atoms with Crippen LogP contribution in [0, 0.1) is 17.6 Å². The SMILES string of the molecule is Oc1ccc(CC2CCCNC2)c(F)c1F. The zero-order valence-corrected chi connectivity index (χ0v) is 8.97. The smallest absolute Gasteiger partial charge is 0.200 e. The molecule has 2 rings (SSSR count). The molecule has 0 amide bonds. The van der Waals surface area contributed by atoms with Crippen LogP contribution in [-0.4, -0.2) is 18.2 Å². The standard InChI is InChI=1S/C12H15F2NO/c13-11-9(3-4-10(16)12(11)14)6-8-2-1-5-15-7-8/h3-4,8,15-16H,1-2,5-7H2. The predicted octanol–water partition coefficient (Wildman–Crippen LogP) is 2.21. The highest BCUT2D eigenvalue weighted by molar-refractivity contribution is 5.30. The van der Waals surface area contributed by atoms with Gasteiger partial charge in [-0.1, -0.05) is 6.07 Å². The lowest BCUT2D eigenvalue weighted by Gasteiger charge is -2.22. The third-order valence-corrected chi connectivity index (χ3v) is 3.05. The average Bonchev–Trinajstić information content (AvgIpc) is 2.31. The maximum Gasteiger partial charge on any atom is 0.200 e. The molecule has 1 atom stereocenters. The number of phenols is 1. The summed E-state index contributed by atoms with van der Waals surface area (Å²) in [4.78, 5) is 0. The molecule has 0 aromatic heterocycles. The highest BCUT2D eigenvalue weighted by Crippen LogP contribution is 2.24. The molecule has 0 saturated carbocycles. The normalized spacial score (nSPS) is 21.0. The maximum absolute atomic E-state index is 13.5. The maximum atomic E-state index is 13.5. The van der Waals surface area contributed by atoms with Crippen LogP contribution in [0.25, 0.3) is 0 Å². The van der Waals surface area contributed by atoms with Crippen LogP contribution < -0.4 is 5.32 Å². The molecule has 1 heterocycles. The number of nitrogens with one attached hydrogen (secondary N) is 1. The van der Waals surface area contributed by atoms with Crippen LogP contribution >= 0.6 is 0 Å². The molecule has 2 N–H and O–H groups in total. The van der Waals surface area contributed by atoms with E-state index in [-0.39, 0.29) is 0 Å². The largest absolute Gasteiger partial charge is 0.505 e. The lowest BCUT2D eigenvalue weighted by atomic mass is 9.92. The Bertz CT molecular complexity index is 376. The summed E-state index contributed by atoms with van der Waals surface area (Å²) in [6.07, 6.45) is 2.64. The van der Waals surface area contributed by atoms with Gasteiger partial charge in [0.15, 0.2) is 11.6 Å². The lowest BCUT2D eigenvalue weighted by molar-refractivity contribution is 0.364. The molecule has 1 aromatic carbocycles. The average molecular weight is 227 g/mol. The van der Waals surface area contributed by atoms with Gasteiger partial charge in [0.2, 0.25) is 5.82 Å². The van der Waals surface area contributed by atoms with Gasteiger partial charge in [-0.2, -0.15) is 4.39 Å². The minimum absolute atomic E-state index is 0.351. The first kappa shape index (κ1) is 11.3. The summed E-state index contributed by atoms with van der Waals surface area (Å²) in [6.45, 7) is 1.85. The number of hydrogen-bond donors (Lipinski definition) is 2. The zero-order chi connectivity index (χ0) is 11.5. The van der Waals surface area contributed by atoms with Crippen molar-refractivity contribution < 1.29 is 13.9 Å². The van der Waals surface area contributed by atoms with E-state index in [4.69, 9.17) is 5.11 Å². The van der Waals surface area contributed by atoms with Crippen LogP contribution in [0.4, 0.5) is 8.78 Å². The number of halogens is 2. The Morgan fingerprint density at radius 2 is 2.12 bits per heavy atom. The fraction of sp³-hybridized carbons (Fsp3) is 0.500. The third kappa shape index (κ3) is 2.32. The number of benzene rings is 1. The van der Waals surface area contributed by atoms with E-state index in [0.717, 1.165) is 25.9 Å². The lowest BCUT2D eigenvalue weighted by Crippen LogP contribution is -2.31. The molecule has 1 aliphatic rings. The van der Waals surface area contributed by atoms with Gasteiger partial charge < -0.3 is 10.4 Å². The summed E-state index contributed by atoms with van der Waals surface area (Å²) in [7, 11) is 0. The summed E-state index contributed by atoms with van der Waals surface area (Å²) in [5.41, 5.74) is 0.351. The Hall–Kier alpha value is -1.16. The highest BCUT2D eigenvalue weighted by atomic mass is 19.2. The predicted molar refractivity (Wildman–Crippen MR) is 57.3 cm³/mol. The van der Waals surface area contributed by atoms with Crippen LogP contribution in [-0.2, 0) is 6.42 Å². The quantitative estimate of drug-likeness (QED) is 0.812. The molecule has 88 valence electrons. The van der Waals surface area contributed by atoms with Crippen molar-refractivity contribution in [1.29, 1.82) is 0 Å². The topological polar surface area (TPSA) is 32.3 Å². The molecule has 4 heteroatoms. The molecule has 0 aliphatic carbocycles. The van der Waals surface area contributed by atoms with Crippen molar-refractivity contribution in [3.63, 3.8) is 0 Å². The fourth-order valence-corrected chi connectivity index (χ4v) is 2.15. The highest BCUT2D eigenvalue weighted by Gasteiger charge is 2.18. The minimum Gasteiger partial charge on any atom is -0.505 e. The van der Waals surface area contributed by atoms with Gasteiger partial charge >= 0.3 is 0 Å². The summed E-state index contributed by atoms with van der Waals surface area (Å²) in [5.74, 6) is -2.32. The Morgan fingerprint density at radius 3 is 2.81 bits per heavy atom. The third-order valence-electron chi connectivity index (χ3n) is 3.05. The van der Waals surface area contributed by atoms with Crippen molar-refractivity contribution in [3.8, 4) is 5.75 Å². The Labute approximate surface area is 93.3 Å². The Morgan fingerprint density at radius 1 is 1.31 bits per heavy atom. The number of piperidine rings is 1. The number of phenolic OH excluding ortho intramolecular Hbond substituents is 1. The van der Waals surface area contributed by atoms with Crippen molar-refractivity contribution in [2.75, 3.05) is 13.1 Å². The van der Waals surface area contributed by atoms with Crippen LogP contribution in [0.1, 0.15) is 18.4 Å². The monoisotopic (exact) mass is 227 g/mol. The number of aromatic hydroxyl groups is 1. The van der Waals surface area contributed by atoms with Crippen molar-refractivity contribution in [2.24, 2.45) is 5.92 Å². The molecule has 0 radical (unpaired) electrons. The van der Waals surface area contributed by atoms with Gasteiger partial charge in [-0.3, -0.25) is 0 Å². The first-order valence-electron chi connectivity index (χ1n) is 5.55. The van der Waals surface area contributed by atoms with Crippen LogP contribution in [0.5, 0.6) is 5.75 Å². The second-order valence-corrected chi connectivity index (χ2v) is 4.29. The molecule has 1 aliphatic heterocycles. The fourth-order valence-electron chi connectivity index (χ4n) is 2.15. The van der Waals surface area contributed by atoms with E-state index < -0.39 is 17.4 Å². The van der Waals surface area contributed by atoms with Gasteiger partial charge in [-0.25, -0.2) is 4.39 Å². The first-order chi connectivity index (χ1) is 7.68. The van der Waals surface area contributed by atoms with E-state index >= 15 is 0 Å². The van der Waals surface area contributed by atoms with E-state index in [1.54, 1.807) is 0 Å². The van der Waals surface area contributed by atoms with Crippen LogP contribution in [0.15, 0.2) is 12.1 Å². The van der Waals surface area contributed by atoms with Crippen LogP contribution in [0.3, 0.4) is 0 Å². The van der Waals surface area contributed by atoms with Crippen molar-refractivity contribution in [3.05, 3.63) is 29.3 Å². The van der Waals surface area contributed by atoms with Gasteiger partial charge in [-0.05, 0) is 49.9 Å². The van der Waals surface area contributed by atoms with E-state index in [2.05, 4.69) is 5.32 Å². The minimum atomic E-state index is -1.14. The van der Waals surface area contributed by atoms with Crippen molar-refractivity contribution >= 4 is 0 Å². The van der Waals surface area contributed by atoms with E-state index in [9.17, 15) is 8.78 Å². The van der Waals surface area contributed by atoms with E-state index in [0.29, 0.717) is 17.9 Å². The van der Waals surface area contributed by atoms with E-state index in [1.807, 2.05) is 0 Å². The van der Waals surface area contributed by atoms with Gasteiger partial charge in [0.1, 0.15) is 0 Å². The van der Waals surface area contributed by atoms with Crippen molar-refractivity contribution in [1.82, 2.24) is 5.32 Å². The second kappa shape index (κ2) is 4.78. The van der Waals surface area contributed by atoms with Gasteiger partial charge in [-0.15, -0.1) is 0 Å². The summed E-state index contributed by atoms with van der Waals surface area (Å²) < 4.78 is 26.6. The Balaban J connectivity index is 2.11. The number of hydrogen-bond acceptors (Lipinski definition) is 2. The van der Waals surface area contributed by atoms with E-state index in [1.165, 1.54) is 12.1 Å². The van der Waals surface area contributed by atoms with Gasteiger partial charge in [0.25, 0.3) is 0 Å². The molecule has 16 heavy (non-hydrogen) atoms. The van der Waals surface area contributed by atoms with Gasteiger partial charge in [0, 0.05) is 0 Å². The molecule has 0 bridgehead atoms. The molecule has 1 aromatic rings. The first-order valence-corrected chi connectivity index (χ1v) is 5.55. The van der Waals surface area contributed by atoms with Crippen LogP contribution in [0.2, 0.25) is 0 Å². The molecular weight excluding hydrogens is 212 g/mol. The Kier molecular flexibility index (Phi) is 3.39. The molecule has 1 saturated heterocycles. The molecule has 0 spiro atoms. The molecule has 2 nitrogen and oxygen atoms in total. The molecule has 1 unspecified atom stereocenters. The molecule has 1 fully saturated rings. The van der Waals surface area contributed by atoms with Crippen molar-refractivity contribution in [2.45, 2.75) is 19.3 Å². The summed E-state index contributed by atoms with van der Waals surface area (Å²) in [6, 6.07) is 2.67. The number of rotatable bonds is 2. The summed E-state index contributed by atoms with van der Waals surface area (Å²) >= 11 is 0. The second-order valence-electron chi connectivity index (χ2n) is 4.29. The van der Waals surface area contributed by atoms with Gasteiger partial charge in [0.05, 0.1) is 0 Å². The molecular formula is C12H15F2NO.